The van der Waals surface area contributed by atoms with Gasteiger partial charge in [0.2, 0.25) is 0 Å². The van der Waals surface area contributed by atoms with Crippen molar-refractivity contribution in [1.29, 1.82) is 0 Å². The van der Waals surface area contributed by atoms with Crippen LogP contribution in [0.3, 0.4) is 0 Å². The van der Waals surface area contributed by atoms with E-state index in [-0.39, 0.29) is 6.92 Å². The number of hydrogen-bond donors (Lipinski definition) is 1. The Morgan fingerprint density at radius 1 is 1.00 bits per heavy atom. The molecule has 0 aliphatic carbocycles. The van der Waals surface area contributed by atoms with E-state index in [2.05, 4.69) is 10.7 Å². The maximum absolute atomic E-state index is 12.3. The lowest BCUT2D eigenvalue weighted by Gasteiger charge is -2.29. The van der Waals surface area contributed by atoms with Crippen molar-refractivity contribution < 1.29 is 31.2 Å². The fourth-order valence-electron chi connectivity index (χ4n) is 0.276. The quantitative estimate of drug-likeness (QED) is 0.540. The molecule has 74 valence electrons. The number of hydrogen-bond acceptors (Lipinski definition) is 2. The molecule has 0 aromatic heterocycles. The lowest BCUT2D eigenvalue weighted by Crippen LogP contribution is -2.55. The van der Waals surface area contributed by atoms with E-state index >= 15 is 0 Å². The Hall–Kier alpha value is -0.500. The lowest BCUT2D eigenvalue weighted by molar-refractivity contribution is -0.379. The molecular weight excluding hydrogens is 192 g/mol. The molecule has 1 unspecified atom stereocenters. The highest BCUT2D eigenvalue weighted by atomic mass is 19.4. The van der Waals surface area contributed by atoms with Gasteiger partial charge < -0.3 is 0 Å². The fraction of sp³-hybridized carbons (Fsp3) is 1.00. The van der Waals surface area contributed by atoms with E-state index in [1.54, 1.807) is 0 Å². The average molecular weight is 197 g/mol. The van der Waals surface area contributed by atoms with Crippen LogP contribution in [0.15, 0.2) is 0 Å². The van der Waals surface area contributed by atoms with Gasteiger partial charge in [0.25, 0.3) is 5.67 Å². The standard InChI is InChI=1S/C4H5F6NO/c1-2(5,3(6,7)8)4(9,10)12-11/h11H2,1H3. The van der Waals surface area contributed by atoms with Crippen LogP contribution in [0.5, 0.6) is 0 Å². The summed E-state index contributed by atoms with van der Waals surface area (Å²) in [6.07, 6.45) is -10.8. The molecule has 0 spiro atoms. The smallest absolute Gasteiger partial charge is 0.232 e. The number of halogens is 6. The van der Waals surface area contributed by atoms with Crippen molar-refractivity contribution >= 4 is 0 Å². The zero-order valence-electron chi connectivity index (χ0n) is 5.75. The summed E-state index contributed by atoms with van der Waals surface area (Å²) in [7, 11) is 0. The van der Waals surface area contributed by atoms with Crippen LogP contribution < -0.4 is 5.90 Å². The summed E-state index contributed by atoms with van der Waals surface area (Å²) < 4.78 is 70.8. The first-order valence-corrected chi connectivity index (χ1v) is 2.57. The van der Waals surface area contributed by atoms with Crippen molar-refractivity contribution in [3.63, 3.8) is 0 Å². The molecule has 12 heavy (non-hydrogen) atoms. The third-order valence-electron chi connectivity index (χ3n) is 1.23. The molecule has 0 aromatic rings. The molecule has 0 saturated carbocycles. The molecule has 2 N–H and O–H groups in total. The predicted octanol–water partition coefficient (Wildman–Crippen LogP) is 1.76. The van der Waals surface area contributed by atoms with Crippen LogP contribution in [0, 0.1) is 0 Å². The zero-order chi connectivity index (χ0) is 10.2. The van der Waals surface area contributed by atoms with Gasteiger partial charge in [-0.25, -0.2) is 15.1 Å². The summed E-state index contributed by atoms with van der Waals surface area (Å²) in [4.78, 5) is 2.60. The normalized spacial score (nSPS) is 19.0. The van der Waals surface area contributed by atoms with Crippen LogP contribution >= 0.6 is 0 Å². The minimum atomic E-state index is -5.74. The van der Waals surface area contributed by atoms with Gasteiger partial charge in [-0.1, -0.05) is 0 Å². The van der Waals surface area contributed by atoms with Crippen molar-refractivity contribution in [2.45, 2.75) is 24.9 Å². The van der Waals surface area contributed by atoms with E-state index < -0.39 is 18.0 Å². The topological polar surface area (TPSA) is 35.2 Å². The van der Waals surface area contributed by atoms with Crippen LogP contribution in [-0.4, -0.2) is 18.0 Å². The third-order valence-corrected chi connectivity index (χ3v) is 1.23. The second kappa shape index (κ2) is 2.77. The van der Waals surface area contributed by atoms with Crippen molar-refractivity contribution in [2.75, 3.05) is 0 Å². The summed E-state index contributed by atoms with van der Waals surface area (Å²) in [6, 6.07) is 0. The number of nitrogens with two attached hydrogens (primary N) is 1. The van der Waals surface area contributed by atoms with Crippen molar-refractivity contribution in [3.05, 3.63) is 0 Å². The van der Waals surface area contributed by atoms with Crippen LogP contribution in [0.2, 0.25) is 0 Å². The Labute approximate surface area is 63.2 Å². The maximum atomic E-state index is 12.3. The molecule has 0 radical (unpaired) electrons. The SMILES string of the molecule is CC(F)(C(F)(F)F)C(F)(F)ON. The fourth-order valence-corrected chi connectivity index (χ4v) is 0.276. The monoisotopic (exact) mass is 197 g/mol. The minimum Gasteiger partial charge on any atom is -0.232 e. The van der Waals surface area contributed by atoms with Gasteiger partial charge in [0, 0.05) is 0 Å². The molecule has 0 aliphatic heterocycles. The van der Waals surface area contributed by atoms with Crippen molar-refractivity contribution in [1.82, 2.24) is 0 Å². The summed E-state index contributed by atoms with van der Waals surface area (Å²) in [5.41, 5.74) is -4.80. The van der Waals surface area contributed by atoms with Crippen LogP contribution in [0.1, 0.15) is 6.92 Å². The Bertz CT molecular complexity index is 163. The van der Waals surface area contributed by atoms with Gasteiger partial charge in [-0.15, -0.1) is 0 Å². The van der Waals surface area contributed by atoms with E-state index in [1.165, 1.54) is 0 Å². The Balaban J connectivity index is 4.85. The first kappa shape index (κ1) is 11.5. The number of rotatable bonds is 2. The highest BCUT2D eigenvalue weighted by Crippen LogP contribution is 2.44. The molecule has 1 atom stereocenters. The van der Waals surface area contributed by atoms with Gasteiger partial charge in [-0.05, 0) is 6.92 Å². The molecule has 0 fully saturated rings. The Morgan fingerprint density at radius 2 is 1.33 bits per heavy atom. The summed E-state index contributed by atoms with van der Waals surface area (Å²) in [6.45, 7) is -0.361. The molecule has 2 nitrogen and oxygen atoms in total. The Kier molecular flexibility index (Phi) is 2.65. The molecule has 0 amide bonds. The van der Waals surface area contributed by atoms with E-state index in [0.29, 0.717) is 0 Å². The van der Waals surface area contributed by atoms with Crippen LogP contribution in [-0.2, 0) is 4.84 Å². The van der Waals surface area contributed by atoms with E-state index in [4.69, 9.17) is 0 Å². The third kappa shape index (κ3) is 1.63. The van der Waals surface area contributed by atoms with E-state index in [0.717, 1.165) is 0 Å². The molecule has 0 bridgehead atoms. The highest BCUT2D eigenvalue weighted by molar-refractivity contribution is 4.90. The van der Waals surface area contributed by atoms with Crippen molar-refractivity contribution in [3.8, 4) is 0 Å². The molecule has 0 saturated heterocycles. The van der Waals surface area contributed by atoms with Gasteiger partial charge in [0.1, 0.15) is 0 Å². The first-order chi connectivity index (χ1) is 5.06. The summed E-state index contributed by atoms with van der Waals surface area (Å²) >= 11 is 0. The largest absolute Gasteiger partial charge is 0.431 e. The van der Waals surface area contributed by atoms with Gasteiger partial charge in [-0.2, -0.15) is 22.0 Å². The minimum absolute atomic E-state index is 0.361. The molecule has 0 heterocycles. The Morgan fingerprint density at radius 3 is 1.42 bits per heavy atom. The van der Waals surface area contributed by atoms with E-state index in [9.17, 15) is 26.3 Å². The van der Waals surface area contributed by atoms with Crippen molar-refractivity contribution in [2.24, 2.45) is 5.90 Å². The zero-order valence-corrected chi connectivity index (χ0v) is 5.75. The second-order valence-electron chi connectivity index (χ2n) is 2.14. The molecule has 0 aliphatic rings. The molecule has 8 heteroatoms. The first-order valence-electron chi connectivity index (χ1n) is 2.57. The van der Waals surface area contributed by atoms with E-state index in [1.807, 2.05) is 0 Å². The maximum Gasteiger partial charge on any atom is 0.431 e. The predicted molar refractivity (Wildman–Crippen MR) is 25.8 cm³/mol. The lowest BCUT2D eigenvalue weighted by atomic mass is 10.1. The van der Waals surface area contributed by atoms with Gasteiger partial charge >= 0.3 is 12.3 Å². The summed E-state index contributed by atoms with van der Waals surface area (Å²) in [5.74, 6) is 3.80. The molecule has 0 aromatic carbocycles. The average Bonchev–Trinajstić information content (AvgIpc) is 1.85. The number of alkyl halides is 6. The van der Waals surface area contributed by atoms with Gasteiger partial charge in [0.15, 0.2) is 0 Å². The second-order valence-corrected chi connectivity index (χ2v) is 2.14. The summed E-state index contributed by atoms with van der Waals surface area (Å²) in [5, 5.41) is 0. The van der Waals surface area contributed by atoms with Crippen LogP contribution in [0.4, 0.5) is 26.3 Å². The molecule has 0 rings (SSSR count). The molecular formula is C4H5F6NO. The van der Waals surface area contributed by atoms with Crippen LogP contribution in [0.25, 0.3) is 0 Å². The van der Waals surface area contributed by atoms with Gasteiger partial charge in [-0.3, -0.25) is 0 Å². The highest BCUT2D eigenvalue weighted by Gasteiger charge is 2.69. The van der Waals surface area contributed by atoms with Gasteiger partial charge in [0.05, 0.1) is 0 Å².